The van der Waals surface area contributed by atoms with Gasteiger partial charge in [-0.1, -0.05) is 0 Å². The second-order valence-corrected chi connectivity index (χ2v) is 5.40. The highest BCUT2D eigenvalue weighted by Crippen LogP contribution is 2.32. The maximum atomic E-state index is 11.5. The van der Waals surface area contributed by atoms with E-state index in [4.69, 9.17) is 5.11 Å². The molecule has 2 N–H and O–H groups in total. The van der Waals surface area contributed by atoms with Crippen molar-refractivity contribution in [3.63, 3.8) is 0 Å². The molecule has 2 rings (SSSR count). The van der Waals surface area contributed by atoms with Crippen molar-refractivity contribution in [2.45, 2.75) is 25.8 Å². The Hall–Kier alpha value is -1.62. The number of hydrogen-bond acceptors (Lipinski definition) is 3. The first kappa shape index (κ1) is 12.8. The van der Waals surface area contributed by atoms with E-state index in [1.165, 1.54) is 24.2 Å². The van der Waals surface area contributed by atoms with E-state index in [1.54, 1.807) is 6.08 Å². The number of carbonyl (C=O) groups is 2. The van der Waals surface area contributed by atoms with Crippen molar-refractivity contribution in [3.05, 3.63) is 28.0 Å². The van der Waals surface area contributed by atoms with E-state index in [2.05, 4.69) is 5.32 Å². The van der Waals surface area contributed by atoms with Crippen LogP contribution in [0.3, 0.4) is 0 Å². The maximum Gasteiger partial charge on any atom is 0.328 e. The first-order chi connectivity index (χ1) is 8.65. The van der Waals surface area contributed by atoms with Gasteiger partial charge in [0.25, 0.3) is 0 Å². The van der Waals surface area contributed by atoms with E-state index in [1.807, 2.05) is 11.4 Å². The van der Waals surface area contributed by atoms with Gasteiger partial charge in [0.1, 0.15) is 0 Å². The zero-order valence-corrected chi connectivity index (χ0v) is 10.7. The Kier molecular flexibility index (Phi) is 4.15. The molecule has 0 atom stereocenters. The fraction of sp³-hybridized carbons (Fsp3) is 0.385. The van der Waals surface area contributed by atoms with E-state index in [-0.39, 0.29) is 5.91 Å². The number of carboxylic acids is 1. The molecule has 5 heteroatoms. The van der Waals surface area contributed by atoms with Gasteiger partial charge in [0, 0.05) is 17.4 Å². The minimum Gasteiger partial charge on any atom is -0.478 e. The van der Waals surface area contributed by atoms with Crippen molar-refractivity contribution in [2.75, 3.05) is 0 Å². The fourth-order valence-corrected chi connectivity index (χ4v) is 2.45. The molecule has 1 aliphatic carbocycles. The molecule has 1 aromatic rings. The highest BCUT2D eigenvalue weighted by molar-refractivity contribution is 7.10. The molecule has 4 nitrogen and oxygen atoms in total. The van der Waals surface area contributed by atoms with Crippen LogP contribution in [-0.4, -0.2) is 17.0 Å². The number of rotatable bonds is 6. The summed E-state index contributed by atoms with van der Waals surface area (Å²) in [6.45, 7) is 0.475. The summed E-state index contributed by atoms with van der Waals surface area (Å²) in [5.74, 6) is -0.302. The van der Waals surface area contributed by atoms with Crippen LogP contribution < -0.4 is 5.32 Å². The molecule has 1 heterocycles. The third-order valence-corrected chi connectivity index (χ3v) is 3.74. The number of thiophene rings is 1. The highest BCUT2D eigenvalue weighted by atomic mass is 32.1. The molecule has 1 saturated carbocycles. The van der Waals surface area contributed by atoms with E-state index in [0.29, 0.717) is 18.9 Å². The highest BCUT2D eigenvalue weighted by Gasteiger charge is 2.24. The molecule has 1 aliphatic rings. The lowest BCUT2D eigenvalue weighted by Crippen LogP contribution is -2.22. The van der Waals surface area contributed by atoms with Crippen molar-refractivity contribution < 1.29 is 14.7 Å². The third-order valence-electron chi connectivity index (χ3n) is 2.80. The summed E-state index contributed by atoms with van der Waals surface area (Å²) in [7, 11) is 0. The summed E-state index contributed by atoms with van der Waals surface area (Å²) in [5.41, 5.74) is 0.856. The summed E-state index contributed by atoms with van der Waals surface area (Å²) in [4.78, 5) is 23.0. The molecular weight excluding hydrogens is 250 g/mol. The molecule has 0 saturated heterocycles. The average molecular weight is 265 g/mol. The van der Waals surface area contributed by atoms with Crippen molar-refractivity contribution >= 4 is 29.3 Å². The van der Waals surface area contributed by atoms with Gasteiger partial charge in [0.2, 0.25) is 5.91 Å². The number of aliphatic carboxylic acids is 1. The molecule has 1 aromatic heterocycles. The van der Waals surface area contributed by atoms with Gasteiger partial charge in [-0.2, -0.15) is 0 Å². The van der Waals surface area contributed by atoms with Crippen LogP contribution in [0.4, 0.5) is 0 Å². The van der Waals surface area contributed by atoms with Crippen LogP contribution in [-0.2, 0) is 16.1 Å². The number of amides is 1. The van der Waals surface area contributed by atoms with Gasteiger partial charge in [-0.15, -0.1) is 11.3 Å². The van der Waals surface area contributed by atoms with Crippen LogP contribution >= 0.6 is 11.3 Å². The summed E-state index contributed by atoms with van der Waals surface area (Å²) >= 11 is 1.52. The van der Waals surface area contributed by atoms with Crippen molar-refractivity contribution in [2.24, 2.45) is 5.92 Å². The fourth-order valence-electron chi connectivity index (χ4n) is 1.64. The predicted molar refractivity (Wildman–Crippen MR) is 70.2 cm³/mol. The Morgan fingerprint density at radius 2 is 2.28 bits per heavy atom. The van der Waals surface area contributed by atoms with Crippen LogP contribution in [0.25, 0.3) is 6.08 Å². The van der Waals surface area contributed by atoms with Crippen LogP contribution in [0, 0.1) is 5.92 Å². The minimum atomic E-state index is -0.968. The molecule has 96 valence electrons. The maximum absolute atomic E-state index is 11.5. The Balaban J connectivity index is 1.86. The molecule has 0 bridgehead atoms. The molecule has 0 aromatic carbocycles. The number of carboxylic acid groups (broad SMARTS) is 1. The van der Waals surface area contributed by atoms with E-state index in [9.17, 15) is 9.59 Å². The summed E-state index contributed by atoms with van der Waals surface area (Å²) in [6.07, 6.45) is 5.61. The van der Waals surface area contributed by atoms with Crippen LogP contribution in [0.2, 0.25) is 0 Å². The summed E-state index contributed by atoms with van der Waals surface area (Å²) in [6, 6.07) is 1.85. The zero-order valence-electron chi connectivity index (χ0n) is 9.89. The lowest BCUT2D eigenvalue weighted by atomic mass is 10.2. The summed E-state index contributed by atoms with van der Waals surface area (Å²) < 4.78 is 0. The Labute approximate surface area is 109 Å². The predicted octanol–water partition coefficient (Wildman–Crippen LogP) is 2.26. The standard InChI is InChI=1S/C13H15NO3S/c15-12(7-9-1-2-9)14-8-11-10(5-6-18-11)3-4-13(16)17/h3-6,9H,1-2,7-8H2,(H,14,15)(H,16,17). The van der Waals surface area contributed by atoms with Gasteiger partial charge in [-0.05, 0) is 41.8 Å². The quantitative estimate of drug-likeness (QED) is 0.775. The first-order valence-corrected chi connectivity index (χ1v) is 6.77. The average Bonchev–Trinajstić information content (AvgIpc) is 3.01. The van der Waals surface area contributed by atoms with Gasteiger partial charge in [0.15, 0.2) is 0 Å². The third kappa shape index (κ3) is 4.00. The van der Waals surface area contributed by atoms with Gasteiger partial charge < -0.3 is 10.4 Å². The molecule has 1 fully saturated rings. The van der Waals surface area contributed by atoms with Crippen LogP contribution in [0.5, 0.6) is 0 Å². The molecule has 0 unspecified atom stereocenters. The van der Waals surface area contributed by atoms with Crippen LogP contribution in [0.15, 0.2) is 17.5 Å². The Morgan fingerprint density at radius 3 is 2.94 bits per heavy atom. The van der Waals surface area contributed by atoms with Gasteiger partial charge in [-0.3, -0.25) is 4.79 Å². The molecule has 0 spiro atoms. The van der Waals surface area contributed by atoms with Gasteiger partial charge in [-0.25, -0.2) is 4.79 Å². The van der Waals surface area contributed by atoms with E-state index in [0.717, 1.165) is 16.5 Å². The normalized spacial score (nSPS) is 14.9. The first-order valence-electron chi connectivity index (χ1n) is 5.89. The number of nitrogens with one attached hydrogen (secondary N) is 1. The minimum absolute atomic E-state index is 0.0825. The molecule has 18 heavy (non-hydrogen) atoms. The largest absolute Gasteiger partial charge is 0.478 e. The SMILES string of the molecule is O=C(O)C=Cc1ccsc1CNC(=O)CC1CC1. The molecule has 0 radical (unpaired) electrons. The number of carbonyl (C=O) groups excluding carboxylic acids is 1. The lowest BCUT2D eigenvalue weighted by molar-refractivity contribution is -0.131. The molecular formula is C13H15NO3S. The monoisotopic (exact) mass is 265 g/mol. The number of hydrogen-bond donors (Lipinski definition) is 2. The second kappa shape index (κ2) is 5.82. The second-order valence-electron chi connectivity index (χ2n) is 4.39. The lowest BCUT2D eigenvalue weighted by Gasteiger charge is -2.03. The van der Waals surface area contributed by atoms with E-state index >= 15 is 0 Å². The van der Waals surface area contributed by atoms with Gasteiger partial charge >= 0.3 is 5.97 Å². The summed E-state index contributed by atoms with van der Waals surface area (Å²) in [5, 5.41) is 13.3. The molecule has 1 amide bonds. The van der Waals surface area contributed by atoms with Crippen molar-refractivity contribution in [1.82, 2.24) is 5.32 Å². The van der Waals surface area contributed by atoms with Crippen LogP contribution in [0.1, 0.15) is 29.7 Å². The van der Waals surface area contributed by atoms with Crippen molar-refractivity contribution in [1.29, 1.82) is 0 Å². The Bertz CT molecular complexity index is 474. The molecule has 0 aliphatic heterocycles. The van der Waals surface area contributed by atoms with Crippen molar-refractivity contribution in [3.8, 4) is 0 Å². The topological polar surface area (TPSA) is 66.4 Å². The van der Waals surface area contributed by atoms with Gasteiger partial charge in [0.05, 0.1) is 6.54 Å². The zero-order chi connectivity index (χ0) is 13.0. The Morgan fingerprint density at radius 1 is 1.50 bits per heavy atom. The smallest absolute Gasteiger partial charge is 0.328 e. The van der Waals surface area contributed by atoms with E-state index < -0.39 is 5.97 Å².